The molecular weight excluding hydrogens is 280 g/mol. The summed E-state index contributed by atoms with van der Waals surface area (Å²) in [4.78, 5) is 2.58. The van der Waals surface area contributed by atoms with E-state index in [4.69, 9.17) is 0 Å². The summed E-state index contributed by atoms with van der Waals surface area (Å²) in [6.45, 7) is 7.62. The second kappa shape index (κ2) is 8.28. The molecule has 23 heavy (non-hydrogen) atoms. The van der Waals surface area contributed by atoms with Gasteiger partial charge in [-0.2, -0.15) is 0 Å². The van der Waals surface area contributed by atoms with Gasteiger partial charge < -0.3 is 5.32 Å². The van der Waals surface area contributed by atoms with Crippen LogP contribution in [0.5, 0.6) is 0 Å². The molecule has 1 fully saturated rings. The molecule has 2 nitrogen and oxygen atoms in total. The molecule has 2 aromatic carbocycles. The zero-order valence-electron chi connectivity index (χ0n) is 14.2. The minimum atomic E-state index is 0.926. The van der Waals surface area contributed by atoms with Crippen molar-refractivity contribution in [2.75, 3.05) is 13.1 Å². The van der Waals surface area contributed by atoms with Crippen LogP contribution in [0.1, 0.15) is 41.5 Å². The van der Waals surface area contributed by atoms with Crippen molar-refractivity contribution in [2.45, 2.75) is 45.8 Å². The number of benzene rings is 2. The van der Waals surface area contributed by atoms with E-state index in [0.29, 0.717) is 0 Å². The van der Waals surface area contributed by atoms with Crippen molar-refractivity contribution in [2.24, 2.45) is 0 Å². The molecular formula is C21H28N2. The molecule has 0 unspecified atom stereocenters. The van der Waals surface area contributed by atoms with Gasteiger partial charge in [-0.1, -0.05) is 60.5 Å². The molecule has 0 amide bonds. The molecule has 3 rings (SSSR count). The first-order chi connectivity index (χ1) is 11.3. The quantitative estimate of drug-likeness (QED) is 0.857. The predicted octanol–water partition coefficient (Wildman–Crippen LogP) is 4.27. The number of rotatable bonds is 6. The van der Waals surface area contributed by atoms with E-state index in [1.54, 1.807) is 0 Å². The van der Waals surface area contributed by atoms with Gasteiger partial charge in [0, 0.05) is 19.6 Å². The number of nitrogens with zero attached hydrogens (tertiary/aromatic N) is 1. The van der Waals surface area contributed by atoms with Crippen LogP contribution in [-0.4, -0.2) is 18.0 Å². The first-order valence-electron chi connectivity index (χ1n) is 8.86. The smallest absolute Gasteiger partial charge is 0.0233 e. The van der Waals surface area contributed by atoms with Gasteiger partial charge in [-0.3, -0.25) is 4.90 Å². The third-order valence-corrected chi connectivity index (χ3v) is 4.66. The summed E-state index contributed by atoms with van der Waals surface area (Å²) in [6, 6.07) is 17.9. The Balaban J connectivity index is 1.44. The summed E-state index contributed by atoms with van der Waals surface area (Å²) < 4.78 is 0. The zero-order valence-corrected chi connectivity index (χ0v) is 14.2. The van der Waals surface area contributed by atoms with Crippen LogP contribution in [-0.2, 0) is 19.6 Å². The topological polar surface area (TPSA) is 15.3 Å². The second-order valence-corrected chi connectivity index (χ2v) is 6.74. The molecule has 0 aromatic heterocycles. The molecule has 122 valence electrons. The summed E-state index contributed by atoms with van der Waals surface area (Å²) >= 11 is 0. The second-order valence-electron chi connectivity index (χ2n) is 6.74. The van der Waals surface area contributed by atoms with Crippen LogP contribution in [0.15, 0.2) is 48.5 Å². The molecule has 1 heterocycles. The van der Waals surface area contributed by atoms with Crippen molar-refractivity contribution < 1.29 is 0 Å². The van der Waals surface area contributed by atoms with Crippen LogP contribution in [0.2, 0.25) is 0 Å². The standard InChI is InChI=1S/C21H28N2/c1-18-5-7-19(8-6-18)15-22-16-20-9-11-21(12-10-20)17-23-13-3-2-4-14-23/h5-12,22H,2-4,13-17H2,1H3. The van der Waals surface area contributed by atoms with Crippen LogP contribution in [0.3, 0.4) is 0 Å². The van der Waals surface area contributed by atoms with E-state index in [1.807, 2.05) is 0 Å². The molecule has 0 aliphatic carbocycles. The van der Waals surface area contributed by atoms with E-state index in [-0.39, 0.29) is 0 Å². The fourth-order valence-electron chi connectivity index (χ4n) is 3.20. The molecule has 1 aliphatic rings. The van der Waals surface area contributed by atoms with Gasteiger partial charge in [-0.15, -0.1) is 0 Å². The van der Waals surface area contributed by atoms with Crippen LogP contribution >= 0.6 is 0 Å². The Labute approximate surface area is 140 Å². The summed E-state index contributed by atoms with van der Waals surface area (Å²) in [6.07, 6.45) is 4.13. The van der Waals surface area contributed by atoms with Crippen LogP contribution in [0.4, 0.5) is 0 Å². The molecule has 2 aromatic rings. The van der Waals surface area contributed by atoms with Gasteiger partial charge >= 0.3 is 0 Å². The fraction of sp³-hybridized carbons (Fsp3) is 0.429. The Bertz CT molecular complexity index is 580. The van der Waals surface area contributed by atoms with Crippen LogP contribution < -0.4 is 5.32 Å². The summed E-state index contributed by atoms with van der Waals surface area (Å²) in [7, 11) is 0. The average Bonchev–Trinajstić information content (AvgIpc) is 2.59. The lowest BCUT2D eigenvalue weighted by molar-refractivity contribution is 0.221. The van der Waals surface area contributed by atoms with Crippen molar-refractivity contribution in [3.05, 3.63) is 70.8 Å². The normalized spacial score (nSPS) is 15.7. The van der Waals surface area contributed by atoms with Gasteiger partial charge in [0.2, 0.25) is 0 Å². The van der Waals surface area contributed by atoms with E-state index >= 15 is 0 Å². The molecule has 0 spiro atoms. The highest BCUT2D eigenvalue weighted by atomic mass is 15.1. The summed E-state index contributed by atoms with van der Waals surface area (Å²) in [5.41, 5.74) is 5.46. The number of nitrogens with one attached hydrogen (secondary N) is 1. The summed E-state index contributed by atoms with van der Waals surface area (Å²) in [5.74, 6) is 0. The lowest BCUT2D eigenvalue weighted by atomic mass is 10.1. The highest BCUT2D eigenvalue weighted by molar-refractivity contribution is 5.23. The highest BCUT2D eigenvalue weighted by Gasteiger charge is 2.10. The third kappa shape index (κ3) is 5.19. The fourth-order valence-corrected chi connectivity index (χ4v) is 3.20. The molecule has 1 aliphatic heterocycles. The number of aryl methyl sites for hydroxylation is 1. The summed E-state index contributed by atoms with van der Waals surface area (Å²) in [5, 5.41) is 3.53. The lowest BCUT2D eigenvalue weighted by Crippen LogP contribution is -2.29. The Kier molecular flexibility index (Phi) is 5.84. The first-order valence-corrected chi connectivity index (χ1v) is 8.86. The van der Waals surface area contributed by atoms with E-state index in [9.17, 15) is 0 Å². The van der Waals surface area contributed by atoms with E-state index in [0.717, 1.165) is 19.6 Å². The van der Waals surface area contributed by atoms with Crippen molar-refractivity contribution in [1.29, 1.82) is 0 Å². The van der Waals surface area contributed by atoms with E-state index in [1.165, 1.54) is 54.6 Å². The maximum atomic E-state index is 3.53. The molecule has 2 heteroatoms. The Hall–Kier alpha value is -1.64. The zero-order chi connectivity index (χ0) is 15.9. The van der Waals surface area contributed by atoms with E-state index < -0.39 is 0 Å². The molecule has 0 bridgehead atoms. The highest BCUT2D eigenvalue weighted by Crippen LogP contribution is 2.13. The number of hydrogen-bond acceptors (Lipinski definition) is 2. The largest absolute Gasteiger partial charge is 0.309 e. The van der Waals surface area contributed by atoms with Gasteiger partial charge in [0.15, 0.2) is 0 Å². The average molecular weight is 308 g/mol. The van der Waals surface area contributed by atoms with Crippen molar-refractivity contribution in [3.63, 3.8) is 0 Å². The molecule has 0 saturated carbocycles. The number of likely N-dealkylation sites (tertiary alicyclic amines) is 1. The molecule has 1 N–H and O–H groups in total. The van der Waals surface area contributed by atoms with Crippen molar-refractivity contribution >= 4 is 0 Å². The number of piperidine rings is 1. The van der Waals surface area contributed by atoms with Crippen LogP contribution in [0, 0.1) is 6.92 Å². The molecule has 1 saturated heterocycles. The van der Waals surface area contributed by atoms with Crippen LogP contribution in [0.25, 0.3) is 0 Å². The van der Waals surface area contributed by atoms with Gasteiger partial charge in [0.1, 0.15) is 0 Å². The van der Waals surface area contributed by atoms with Crippen molar-refractivity contribution in [1.82, 2.24) is 10.2 Å². The minimum Gasteiger partial charge on any atom is -0.309 e. The maximum absolute atomic E-state index is 3.53. The Morgan fingerprint density at radius 3 is 1.87 bits per heavy atom. The maximum Gasteiger partial charge on any atom is 0.0233 e. The van der Waals surface area contributed by atoms with Gasteiger partial charge in [0.25, 0.3) is 0 Å². The Morgan fingerprint density at radius 1 is 0.739 bits per heavy atom. The lowest BCUT2D eigenvalue weighted by Gasteiger charge is -2.26. The molecule has 0 radical (unpaired) electrons. The minimum absolute atomic E-state index is 0.926. The Morgan fingerprint density at radius 2 is 1.26 bits per heavy atom. The predicted molar refractivity (Wildman–Crippen MR) is 97.3 cm³/mol. The van der Waals surface area contributed by atoms with E-state index in [2.05, 4.69) is 65.7 Å². The molecule has 0 atom stereocenters. The SMILES string of the molecule is Cc1ccc(CNCc2ccc(CN3CCCCC3)cc2)cc1. The van der Waals surface area contributed by atoms with Gasteiger partial charge in [-0.25, -0.2) is 0 Å². The van der Waals surface area contributed by atoms with Gasteiger partial charge in [0.05, 0.1) is 0 Å². The third-order valence-electron chi connectivity index (χ3n) is 4.66. The monoisotopic (exact) mass is 308 g/mol. The first kappa shape index (κ1) is 16.2. The van der Waals surface area contributed by atoms with Crippen molar-refractivity contribution in [3.8, 4) is 0 Å². The number of hydrogen-bond donors (Lipinski definition) is 1. The van der Waals surface area contributed by atoms with Gasteiger partial charge in [-0.05, 0) is 49.5 Å².